The second-order valence-corrected chi connectivity index (χ2v) is 4.47. The van der Waals surface area contributed by atoms with Crippen LogP contribution in [0, 0.1) is 5.82 Å². The second-order valence-electron chi connectivity index (χ2n) is 4.47. The molecule has 0 fully saturated rings. The van der Waals surface area contributed by atoms with Gasteiger partial charge < -0.3 is 5.32 Å². The number of nitrogens with one attached hydrogen (secondary N) is 1. The number of hydrogen-bond acceptors (Lipinski definition) is 2. The number of rotatable bonds is 3. The predicted molar refractivity (Wildman–Crippen MR) is 67.2 cm³/mol. The van der Waals surface area contributed by atoms with E-state index in [2.05, 4.69) is 16.4 Å². The van der Waals surface area contributed by atoms with Crippen molar-refractivity contribution < 1.29 is 4.39 Å². The lowest BCUT2D eigenvalue weighted by Crippen LogP contribution is -2.21. The Bertz CT molecular complexity index is 401. The normalized spacial score (nSPS) is 18.4. The molecule has 1 unspecified atom stereocenters. The molecule has 0 spiro atoms. The number of allylic oxidation sites excluding steroid dienone is 1. The van der Waals surface area contributed by atoms with Crippen molar-refractivity contribution in [2.75, 3.05) is 7.05 Å². The van der Waals surface area contributed by atoms with E-state index in [9.17, 15) is 4.39 Å². The van der Waals surface area contributed by atoms with Crippen molar-refractivity contribution in [1.29, 1.82) is 0 Å². The summed E-state index contributed by atoms with van der Waals surface area (Å²) in [5.41, 5.74) is 1.80. The monoisotopic (exact) mass is 234 g/mol. The van der Waals surface area contributed by atoms with Crippen LogP contribution in [0.2, 0.25) is 0 Å². The zero-order valence-electron chi connectivity index (χ0n) is 10.2. The van der Waals surface area contributed by atoms with Crippen LogP contribution in [0.15, 0.2) is 30.0 Å². The van der Waals surface area contributed by atoms with Crippen LogP contribution in [0.5, 0.6) is 0 Å². The maximum Gasteiger partial charge on any atom is 0.146 e. The van der Waals surface area contributed by atoms with Crippen LogP contribution >= 0.6 is 0 Å². The van der Waals surface area contributed by atoms with E-state index in [4.69, 9.17) is 0 Å². The number of aromatic nitrogens is 1. The summed E-state index contributed by atoms with van der Waals surface area (Å²) in [7, 11) is 1.87. The highest BCUT2D eigenvalue weighted by Crippen LogP contribution is 2.28. The number of nitrogens with zero attached hydrogens (tertiary/aromatic N) is 1. The molecule has 0 amide bonds. The lowest BCUT2D eigenvalue weighted by atomic mass is 9.98. The van der Waals surface area contributed by atoms with Gasteiger partial charge in [0, 0.05) is 6.20 Å². The highest BCUT2D eigenvalue weighted by Gasteiger charge is 2.20. The van der Waals surface area contributed by atoms with E-state index in [0.717, 1.165) is 12.8 Å². The van der Waals surface area contributed by atoms with Crippen molar-refractivity contribution in [3.05, 3.63) is 41.5 Å². The van der Waals surface area contributed by atoms with Crippen LogP contribution in [0.3, 0.4) is 0 Å². The van der Waals surface area contributed by atoms with Gasteiger partial charge >= 0.3 is 0 Å². The molecule has 2 nitrogen and oxygen atoms in total. The van der Waals surface area contributed by atoms with Gasteiger partial charge in [-0.1, -0.05) is 18.1 Å². The standard InChI is InChI=1S/C14H19FN2/c1-16-13(11-7-4-2-3-5-8-11)14-12(15)9-6-10-17-14/h6-7,9-10,13,16H,2-5,8H2,1H3. The van der Waals surface area contributed by atoms with Crippen molar-refractivity contribution in [2.45, 2.75) is 38.1 Å². The minimum atomic E-state index is -0.225. The predicted octanol–water partition coefficient (Wildman–Crippen LogP) is 3.37. The maximum atomic E-state index is 13.8. The van der Waals surface area contributed by atoms with Gasteiger partial charge in [0.05, 0.1) is 11.7 Å². The third kappa shape index (κ3) is 2.91. The average Bonchev–Trinajstić information content (AvgIpc) is 2.62. The van der Waals surface area contributed by atoms with E-state index in [1.165, 1.54) is 30.9 Å². The fourth-order valence-corrected chi connectivity index (χ4v) is 2.41. The van der Waals surface area contributed by atoms with Gasteiger partial charge in [0.2, 0.25) is 0 Å². The van der Waals surface area contributed by atoms with Gasteiger partial charge in [-0.2, -0.15) is 0 Å². The lowest BCUT2D eigenvalue weighted by molar-refractivity contribution is 0.544. The Morgan fingerprint density at radius 1 is 1.35 bits per heavy atom. The van der Waals surface area contributed by atoms with Crippen LogP contribution in [-0.2, 0) is 0 Å². The molecule has 1 atom stereocenters. The molecule has 0 bridgehead atoms. The Labute approximate surface area is 102 Å². The van der Waals surface area contributed by atoms with Gasteiger partial charge in [0.1, 0.15) is 5.82 Å². The molecular weight excluding hydrogens is 215 g/mol. The highest BCUT2D eigenvalue weighted by atomic mass is 19.1. The van der Waals surface area contributed by atoms with E-state index in [0.29, 0.717) is 5.69 Å². The van der Waals surface area contributed by atoms with Crippen molar-refractivity contribution in [3.8, 4) is 0 Å². The summed E-state index contributed by atoms with van der Waals surface area (Å²) >= 11 is 0. The van der Waals surface area contributed by atoms with Crippen LogP contribution in [0.1, 0.15) is 43.8 Å². The van der Waals surface area contributed by atoms with Crippen LogP contribution < -0.4 is 5.32 Å². The molecule has 1 aliphatic carbocycles. The van der Waals surface area contributed by atoms with E-state index < -0.39 is 0 Å². The molecule has 1 aromatic heterocycles. The summed E-state index contributed by atoms with van der Waals surface area (Å²) in [6, 6.07) is 3.03. The fraction of sp³-hybridized carbons (Fsp3) is 0.500. The molecular formula is C14H19FN2. The van der Waals surface area contributed by atoms with E-state index in [-0.39, 0.29) is 11.9 Å². The minimum absolute atomic E-state index is 0.0747. The Morgan fingerprint density at radius 3 is 3.00 bits per heavy atom. The van der Waals surface area contributed by atoms with Gasteiger partial charge in [-0.3, -0.25) is 4.98 Å². The molecule has 1 aromatic rings. The Kier molecular flexibility index (Phi) is 4.26. The zero-order chi connectivity index (χ0) is 12.1. The summed E-state index contributed by atoms with van der Waals surface area (Å²) in [5, 5.41) is 3.19. The first-order valence-corrected chi connectivity index (χ1v) is 6.29. The number of pyridine rings is 1. The van der Waals surface area contributed by atoms with Gasteiger partial charge in [-0.25, -0.2) is 4.39 Å². The molecule has 0 saturated carbocycles. The zero-order valence-corrected chi connectivity index (χ0v) is 10.2. The minimum Gasteiger partial charge on any atom is -0.308 e. The summed E-state index contributed by atoms with van der Waals surface area (Å²) in [4.78, 5) is 4.18. The first-order valence-electron chi connectivity index (χ1n) is 6.29. The third-order valence-electron chi connectivity index (χ3n) is 3.30. The molecule has 1 heterocycles. The molecule has 0 radical (unpaired) electrons. The quantitative estimate of drug-likeness (QED) is 0.811. The molecule has 2 rings (SSSR count). The molecule has 92 valence electrons. The summed E-state index contributed by atoms with van der Waals surface area (Å²) in [6.45, 7) is 0. The largest absolute Gasteiger partial charge is 0.308 e. The molecule has 0 saturated heterocycles. The summed E-state index contributed by atoms with van der Waals surface area (Å²) in [5.74, 6) is -0.225. The maximum absolute atomic E-state index is 13.8. The number of halogens is 1. The fourth-order valence-electron chi connectivity index (χ4n) is 2.41. The van der Waals surface area contributed by atoms with Gasteiger partial charge in [0.25, 0.3) is 0 Å². The number of likely N-dealkylation sites (N-methyl/N-ethyl adjacent to an activating group) is 1. The third-order valence-corrected chi connectivity index (χ3v) is 3.30. The first kappa shape index (κ1) is 12.2. The van der Waals surface area contributed by atoms with Crippen molar-refractivity contribution in [1.82, 2.24) is 10.3 Å². The smallest absolute Gasteiger partial charge is 0.146 e. The van der Waals surface area contributed by atoms with E-state index >= 15 is 0 Å². The Balaban J connectivity index is 2.26. The summed E-state index contributed by atoms with van der Waals surface area (Å²) < 4.78 is 13.8. The molecule has 1 N–H and O–H groups in total. The van der Waals surface area contributed by atoms with Gasteiger partial charge in [0.15, 0.2) is 0 Å². The van der Waals surface area contributed by atoms with E-state index in [1.807, 2.05) is 7.05 Å². The van der Waals surface area contributed by atoms with Crippen LogP contribution in [0.4, 0.5) is 4.39 Å². The molecule has 3 heteroatoms. The van der Waals surface area contributed by atoms with Crippen molar-refractivity contribution in [3.63, 3.8) is 0 Å². The number of hydrogen-bond donors (Lipinski definition) is 1. The topological polar surface area (TPSA) is 24.9 Å². The Hall–Kier alpha value is -1.22. The van der Waals surface area contributed by atoms with E-state index in [1.54, 1.807) is 12.3 Å². The van der Waals surface area contributed by atoms with Crippen LogP contribution in [-0.4, -0.2) is 12.0 Å². The molecule has 0 aliphatic heterocycles. The SMILES string of the molecule is CNC(C1=CCCCCC1)c1ncccc1F. The molecule has 0 aromatic carbocycles. The molecule has 17 heavy (non-hydrogen) atoms. The van der Waals surface area contributed by atoms with Crippen molar-refractivity contribution in [2.24, 2.45) is 0 Å². The molecule has 1 aliphatic rings. The lowest BCUT2D eigenvalue weighted by Gasteiger charge is -2.19. The first-order chi connectivity index (χ1) is 8.33. The second kappa shape index (κ2) is 5.92. The average molecular weight is 234 g/mol. The van der Waals surface area contributed by atoms with Crippen molar-refractivity contribution >= 4 is 0 Å². The Morgan fingerprint density at radius 2 is 2.24 bits per heavy atom. The summed E-state index contributed by atoms with van der Waals surface area (Å²) in [6.07, 6.45) is 9.75. The van der Waals surface area contributed by atoms with Gasteiger partial charge in [-0.15, -0.1) is 0 Å². The van der Waals surface area contributed by atoms with Crippen LogP contribution in [0.25, 0.3) is 0 Å². The van der Waals surface area contributed by atoms with Gasteiger partial charge in [-0.05, 0) is 44.9 Å². The highest BCUT2D eigenvalue weighted by molar-refractivity contribution is 5.24.